The van der Waals surface area contributed by atoms with Crippen LogP contribution in [0.4, 0.5) is 0 Å². The highest BCUT2D eigenvalue weighted by atomic mass is 14.9. The van der Waals surface area contributed by atoms with Crippen LogP contribution in [-0.4, -0.2) is 49.8 Å². The predicted octanol–water partition coefficient (Wildman–Crippen LogP) is 0.0623. The summed E-state index contributed by atoms with van der Waals surface area (Å²) in [5.41, 5.74) is 0. The van der Waals surface area contributed by atoms with Crippen LogP contribution in [0.3, 0.4) is 0 Å². The van der Waals surface area contributed by atoms with Gasteiger partial charge in [-0.3, -0.25) is 0 Å². The van der Waals surface area contributed by atoms with Crippen LogP contribution in [0.1, 0.15) is 6.42 Å². The summed E-state index contributed by atoms with van der Waals surface area (Å²) in [4.78, 5) is 0. The van der Waals surface area contributed by atoms with Crippen molar-refractivity contribution in [2.75, 3.05) is 28.2 Å². The molecule has 0 rings (SSSR count). The van der Waals surface area contributed by atoms with Gasteiger partial charge in [0.1, 0.15) is 47.0 Å². The van der Waals surface area contributed by atoms with Gasteiger partial charge >= 0.3 is 0 Å². The Hall–Kier alpha value is -0.660. The molecule has 0 aliphatic carbocycles. The van der Waals surface area contributed by atoms with Gasteiger partial charge in [-0.1, -0.05) is 0 Å². The summed E-state index contributed by atoms with van der Waals surface area (Å²) in [5.74, 6) is 0. The van der Waals surface area contributed by atoms with E-state index in [1.165, 1.54) is 0 Å². The van der Waals surface area contributed by atoms with Crippen molar-refractivity contribution in [3.8, 4) is 0 Å². The monoisotopic (exact) mass is 128 g/mol. The first-order valence-corrected chi connectivity index (χ1v) is 3.12. The fourth-order valence-corrected chi connectivity index (χ4v) is 0.469. The quantitative estimate of drug-likeness (QED) is 0.366. The molecule has 0 spiro atoms. The molecule has 0 aliphatic rings. The number of hydrogen-bond donors (Lipinski definition) is 0. The molecule has 0 saturated heterocycles. The molecule has 0 heterocycles. The fraction of sp³-hybridized carbons (Fsp3) is 0.714. The standard InChI is InChI=1S/C7H16N2/c1-8(2)6-5-7-9(3)4/h6-7H,5H2,1-4H3/q+2. The Kier molecular flexibility index (Phi) is 3.93. The zero-order chi connectivity index (χ0) is 7.28. The molecule has 0 aliphatic heterocycles. The lowest BCUT2D eigenvalue weighted by Gasteiger charge is -1.81. The lowest BCUT2D eigenvalue weighted by atomic mass is 10.5. The Morgan fingerprint density at radius 2 is 1.22 bits per heavy atom. The zero-order valence-corrected chi connectivity index (χ0v) is 6.76. The van der Waals surface area contributed by atoms with E-state index in [0.29, 0.717) is 0 Å². The predicted molar refractivity (Wildman–Crippen MR) is 41.0 cm³/mol. The van der Waals surface area contributed by atoms with E-state index in [4.69, 9.17) is 0 Å². The van der Waals surface area contributed by atoms with Crippen LogP contribution < -0.4 is 0 Å². The molecule has 9 heavy (non-hydrogen) atoms. The SMILES string of the molecule is C[N+](C)=CCC=[N+](C)C. The number of hydrogen-bond acceptors (Lipinski definition) is 0. The molecule has 52 valence electrons. The van der Waals surface area contributed by atoms with Crippen molar-refractivity contribution in [3.05, 3.63) is 0 Å². The van der Waals surface area contributed by atoms with Gasteiger partial charge in [0, 0.05) is 0 Å². The topological polar surface area (TPSA) is 6.02 Å². The van der Waals surface area contributed by atoms with Crippen LogP contribution in [0.25, 0.3) is 0 Å². The smallest absolute Gasteiger partial charge is 0.149 e. The summed E-state index contributed by atoms with van der Waals surface area (Å²) in [6.45, 7) is 0. The van der Waals surface area contributed by atoms with Crippen molar-refractivity contribution in [1.82, 2.24) is 0 Å². The lowest BCUT2D eigenvalue weighted by molar-refractivity contribution is -0.465. The average Bonchev–Trinajstić information content (AvgIpc) is 1.63. The van der Waals surface area contributed by atoms with Crippen LogP contribution in [0, 0.1) is 0 Å². The second-order valence-corrected chi connectivity index (χ2v) is 2.53. The van der Waals surface area contributed by atoms with Gasteiger partial charge in [0.05, 0.1) is 0 Å². The Labute approximate surface area is 57.1 Å². The minimum absolute atomic E-state index is 1.01. The maximum Gasteiger partial charge on any atom is 0.149 e. The molecule has 0 bridgehead atoms. The second kappa shape index (κ2) is 4.24. The average molecular weight is 128 g/mol. The first-order valence-electron chi connectivity index (χ1n) is 3.12. The van der Waals surface area contributed by atoms with E-state index in [1.54, 1.807) is 0 Å². The molecule has 0 amide bonds. The first-order chi connectivity index (χ1) is 4.13. The van der Waals surface area contributed by atoms with Gasteiger partial charge in [-0.15, -0.1) is 0 Å². The van der Waals surface area contributed by atoms with Gasteiger partial charge in [-0.25, -0.2) is 9.15 Å². The largest absolute Gasteiger partial charge is 0.244 e. The Morgan fingerprint density at radius 1 is 0.889 bits per heavy atom. The van der Waals surface area contributed by atoms with Gasteiger partial charge in [0.25, 0.3) is 0 Å². The molecule has 0 saturated carbocycles. The number of rotatable bonds is 2. The van der Waals surface area contributed by atoms with E-state index < -0.39 is 0 Å². The van der Waals surface area contributed by atoms with Crippen LogP contribution >= 0.6 is 0 Å². The summed E-state index contributed by atoms with van der Waals surface area (Å²) in [7, 11) is 8.12. The van der Waals surface area contributed by atoms with Crippen molar-refractivity contribution >= 4 is 12.4 Å². The van der Waals surface area contributed by atoms with Crippen molar-refractivity contribution in [2.45, 2.75) is 6.42 Å². The molecule has 0 aromatic carbocycles. The second-order valence-electron chi connectivity index (χ2n) is 2.53. The molecule has 0 aromatic heterocycles. The Morgan fingerprint density at radius 3 is 1.44 bits per heavy atom. The van der Waals surface area contributed by atoms with Crippen molar-refractivity contribution in [1.29, 1.82) is 0 Å². The molecule has 0 fully saturated rings. The molecule has 0 aromatic rings. The summed E-state index contributed by atoms with van der Waals surface area (Å²) in [6.07, 6.45) is 5.26. The summed E-state index contributed by atoms with van der Waals surface area (Å²) >= 11 is 0. The van der Waals surface area contributed by atoms with Gasteiger partial charge < -0.3 is 0 Å². The molecule has 0 atom stereocenters. The lowest BCUT2D eigenvalue weighted by Crippen LogP contribution is -2.03. The fourth-order valence-electron chi connectivity index (χ4n) is 0.469. The molecule has 0 radical (unpaired) electrons. The van der Waals surface area contributed by atoms with Gasteiger partial charge in [-0.2, -0.15) is 0 Å². The summed E-state index contributed by atoms with van der Waals surface area (Å²) < 4.78 is 4.11. The van der Waals surface area contributed by atoms with E-state index in [0.717, 1.165) is 6.42 Å². The molecule has 0 N–H and O–H groups in total. The molecular formula is C7H16N2+2. The third-order valence-corrected chi connectivity index (χ3v) is 0.941. The molecule has 2 heteroatoms. The van der Waals surface area contributed by atoms with Gasteiger partial charge in [-0.05, 0) is 0 Å². The van der Waals surface area contributed by atoms with Crippen LogP contribution in [0.5, 0.6) is 0 Å². The van der Waals surface area contributed by atoms with Gasteiger partial charge in [0.15, 0.2) is 0 Å². The highest BCUT2D eigenvalue weighted by Gasteiger charge is 1.85. The van der Waals surface area contributed by atoms with Crippen molar-refractivity contribution in [2.24, 2.45) is 0 Å². The Balaban J connectivity index is 3.53. The van der Waals surface area contributed by atoms with Gasteiger partial charge in [0.2, 0.25) is 0 Å². The molecular weight excluding hydrogens is 112 g/mol. The van der Waals surface area contributed by atoms with Crippen molar-refractivity contribution in [3.63, 3.8) is 0 Å². The third-order valence-electron chi connectivity index (χ3n) is 0.941. The third kappa shape index (κ3) is 7.34. The van der Waals surface area contributed by atoms with Crippen LogP contribution in [0.15, 0.2) is 0 Å². The van der Waals surface area contributed by atoms with E-state index in [2.05, 4.69) is 21.6 Å². The molecule has 0 unspecified atom stereocenters. The maximum absolute atomic E-state index is 2.12. The van der Waals surface area contributed by atoms with E-state index in [-0.39, 0.29) is 0 Å². The van der Waals surface area contributed by atoms with Crippen LogP contribution in [-0.2, 0) is 0 Å². The summed E-state index contributed by atoms with van der Waals surface area (Å²) in [6, 6.07) is 0. The van der Waals surface area contributed by atoms with E-state index in [9.17, 15) is 0 Å². The Bertz CT molecular complexity index is 110. The zero-order valence-electron chi connectivity index (χ0n) is 6.76. The minimum atomic E-state index is 1.01. The summed E-state index contributed by atoms with van der Waals surface area (Å²) in [5, 5.41) is 0. The maximum atomic E-state index is 2.12. The normalized spacial score (nSPS) is 8.44. The van der Waals surface area contributed by atoms with E-state index in [1.807, 2.05) is 28.2 Å². The molecule has 2 nitrogen and oxygen atoms in total. The first kappa shape index (κ1) is 8.34. The highest BCUT2D eigenvalue weighted by molar-refractivity contribution is 5.73. The minimum Gasteiger partial charge on any atom is -0.244 e. The number of nitrogens with zero attached hydrogens (tertiary/aromatic N) is 2. The highest BCUT2D eigenvalue weighted by Crippen LogP contribution is 1.64. The van der Waals surface area contributed by atoms with Crippen LogP contribution in [0.2, 0.25) is 0 Å². The van der Waals surface area contributed by atoms with E-state index >= 15 is 0 Å². The van der Waals surface area contributed by atoms with Crippen molar-refractivity contribution < 1.29 is 9.15 Å².